The summed E-state index contributed by atoms with van der Waals surface area (Å²) in [5.74, 6) is 2.23. The van der Waals surface area contributed by atoms with Gasteiger partial charge in [0.05, 0.1) is 24.2 Å². The van der Waals surface area contributed by atoms with Gasteiger partial charge in [-0.05, 0) is 23.8 Å². The van der Waals surface area contributed by atoms with Crippen LogP contribution in [0.3, 0.4) is 0 Å². The third kappa shape index (κ3) is 3.26. The van der Waals surface area contributed by atoms with Gasteiger partial charge in [-0.1, -0.05) is 84.0 Å². The van der Waals surface area contributed by atoms with Gasteiger partial charge in [0.2, 0.25) is 6.23 Å². The van der Waals surface area contributed by atoms with Gasteiger partial charge in [-0.2, -0.15) is 5.10 Å². The molecule has 0 saturated carbocycles. The van der Waals surface area contributed by atoms with E-state index in [0.717, 1.165) is 62.5 Å². The number of methoxy groups -OCH3 is 1. The molecule has 7 rings (SSSR count). The number of nitrogens with zero attached hydrogens (tertiary/aromatic N) is 3. The summed E-state index contributed by atoms with van der Waals surface area (Å²) in [6.07, 6.45) is 0.359. The molecule has 1 aromatic heterocycles. The molecule has 3 heterocycles. The van der Waals surface area contributed by atoms with Gasteiger partial charge in [-0.3, -0.25) is 0 Å². The van der Waals surface area contributed by atoms with Crippen LogP contribution < -0.4 is 9.47 Å². The first-order chi connectivity index (χ1) is 17.8. The molecule has 0 bridgehead atoms. The second-order valence-electron chi connectivity index (χ2n) is 9.02. The van der Waals surface area contributed by atoms with Gasteiger partial charge >= 0.3 is 0 Å². The van der Waals surface area contributed by atoms with E-state index in [-0.39, 0.29) is 6.04 Å². The van der Waals surface area contributed by atoms with Gasteiger partial charge in [-0.15, -0.1) is 0 Å². The molecular weight excluding hydrogens is 450 g/mol. The van der Waals surface area contributed by atoms with Crippen molar-refractivity contribution in [2.45, 2.75) is 18.7 Å². The third-order valence-corrected chi connectivity index (χ3v) is 6.93. The van der Waals surface area contributed by atoms with E-state index in [4.69, 9.17) is 19.1 Å². The highest BCUT2D eigenvalue weighted by Crippen LogP contribution is 2.51. The first-order valence-electron chi connectivity index (χ1n) is 12.0. The molecule has 0 spiro atoms. The second-order valence-corrected chi connectivity index (χ2v) is 9.02. The lowest BCUT2D eigenvalue weighted by Crippen LogP contribution is -2.33. The van der Waals surface area contributed by atoms with Crippen LogP contribution in [0.4, 0.5) is 0 Å². The zero-order chi connectivity index (χ0) is 24.1. The molecule has 6 nitrogen and oxygen atoms in total. The average Bonchev–Trinajstić information content (AvgIpc) is 3.58. The zero-order valence-corrected chi connectivity index (χ0v) is 19.7. The van der Waals surface area contributed by atoms with Gasteiger partial charge in [0.25, 0.3) is 0 Å². The predicted molar refractivity (Wildman–Crippen MR) is 138 cm³/mol. The van der Waals surface area contributed by atoms with Crippen molar-refractivity contribution in [2.75, 3.05) is 7.11 Å². The van der Waals surface area contributed by atoms with Crippen molar-refractivity contribution in [3.8, 4) is 22.8 Å². The van der Waals surface area contributed by atoms with Crippen LogP contribution in [-0.2, 0) is 0 Å². The largest absolute Gasteiger partial charge is 0.493 e. The molecule has 0 amide bonds. The summed E-state index contributed by atoms with van der Waals surface area (Å²) in [7, 11) is 1.68. The molecule has 5 aromatic rings. The molecule has 0 aliphatic carbocycles. The molecule has 2 atom stereocenters. The minimum atomic E-state index is -0.428. The Hall–Kier alpha value is -4.58. The summed E-state index contributed by atoms with van der Waals surface area (Å²) in [6.45, 7) is 0. The molecular formula is C30H23N3O3. The summed E-state index contributed by atoms with van der Waals surface area (Å²) >= 11 is 0. The highest BCUT2D eigenvalue weighted by Gasteiger charge is 2.42. The van der Waals surface area contributed by atoms with E-state index < -0.39 is 6.23 Å². The van der Waals surface area contributed by atoms with E-state index in [1.165, 1.54) is 0 Å². The Kier molecular flexibility index (Phi) is 4.77. The van der Waals surface area contributed by atoms with E-state index in [1.807, 2.05) is 72.8 Å². The van der Waals surface area contributed by atoms with E-state index in [9.17, 15) is 0 Å². The molecule has 2 aliphatic rings. The number of hydrazone groups is 1. The van der Waals surface area contributed by atoms with Crippen LogP contribution >= 0.6 is 0 Å². The number of hydrogen-bond acceptors (Lipinski definition) is 6. The first-order valence-corrected chi connectivity index (χ1v) is 12.0. The highest BCUT2D eigenvalue weighted by molar-refractivity contribution is 6.02. The van der Waals surface area contributed by atoms with Crippen molar-refractivity contribution in [2.24, 2.45) is 5.10 Å². The van der Waals surface area contributed by atoms with Crippen LogP contribution in [0, 0.1) is 0 Å². The lowest BCUT2D eigenvalue weighted by atomic mass is 9.95. The summed E-state index contributed by atoms with van der Waals surface area (Å²) < 4.78 is 18.1. The number of para-hydroxylation sites is 1. The molecule has 0 radical (unpaired) electrons. The topological polar surface area (TPSA) is 60.1 Å². The molecule has 2 aliphatic heterocycles. The number of hydrogen-bond donors (Lipinski definition) is 0. The minimum Gasteiger partial charge on any atom is -0.493 e. The second kappa shape index (κ2) is 8.27. The Morgan fingerprint density at radius 3 is 2.42 bits per heavy atom. The van der Waals surface area contributed by atoms with E-state index in [0.29, 0.717) is 0 Å². The normalized spacial score (nSPS) is 18.4. The molecule has 176 valence electrons. The van der Waals surface area contributed by atoms with E-state index >= 15 is 0 Å². The molecule has 4 aromatic carbocycles. The Bertz CT molecular complexity index is 1590. The first kappa shape index (κ1) is 20.8. The van der Waals surface area contributed by atoms with E-state index in [2.05, 4.69) is 34.4 Å². The van der Waals surface area contributed by atoms with Gasteiger partial charge in [0.15, 0.2) is 17.3 Å². The van der Waals surface area contributed by atoms with Gasteiger partial charge < -0.3 is 14.0 Å². The van der Waals surface area contributed by atoms with Gasteiger partial charge in [-0.25, -0.2) is 5.01 Å². The van der Waals surface area contributed by atoms with Crippen LogP contribution in [0.2, 0.25) is 0 Å². The summed E-state index contributed by atoms with van der Waals surface area (Å²) in [4.78, 5) is 0. The van der Waals surface area contributed by atoms with Crippen molar-refractivity contribution < 1.29 is 14.0 Å². The van der Waals surface area contributed by atoms with Crippen molar-refractivity contribution in [3.63, 3.8) is 0 Å². The van der Waals surface area contributed by atoms with Crippen molar-refractivity contribution in [1.82, 2.24) is 10.2 Å². The summed E-state index contributed by atoms with van der Waals surface area (Å²) in [6, 6.07) is 32.6. The highest BCUT2D eigenvalue weighted by atomic mass is 16.5. The SMILES string of the molecule is COc1cccc2c1O[C@@H](c1ccc3noc(-c4ccccc4)c3c1)N1N=C(c3ccccc3)C[C@@H]21. The molecule has 36 heavy (non-hydrogen) atoms. The molecule has 0 unspecified atom stereocenters. The molecule has 0 fully saturated rings. The number of fused-ring (bicyclic) bond motifs is 4. The fourth-order valence-corrected chi connectivity index (χ4v) is 5.18. The fraction of sp³-hybridized carbons (Fsp3) is 0.133. The summed E-state index contributed by atoms with van der Waals surface area (Å²) in [5.41, 5.74) is 6.01. The Morgan fingerprint density at radius 2 is 1.64 bits per heavy atom. The maximum Gasteiger partial charge on any atom is 0.214 e. The van der Waals surface area contributed by atoms with Crippen LogP contribution in [0.25, 0.3) is 22.2 Å². The van der Waals surface area contributed by atoms with Crippen LogP contribution in [0.5, 0.6) is 11.5 Å². The lowest BCUT2D eigenvalue weighted by molar-refractivity contribution is -0.0208. The Morgan fingerprint density at radius 1 is 0.861 bits per heavy atom. The van der Waals surface area contributed by atoms with Crippen LogP contribution in [-0.4, -0.2) is 23.0 Å². The third-order valence-electron chi connectivity index (χ3n) is 6.93. The monoisotopic (exact) mass is 473 g/mol. The summed E-state index contributed by atoms with van der Waals surface area (Å²) in [5, 5.41) is 12.4. The predicted octanol–water partition coefficient (Wildman–Crippen LogP) is 6.75. The average molecular weight is 474 g/mol. The van der Waals surface area contributed by atoms with E-state index in [1.54, 1.807) is 7.11 Å². The Balaban J connectivity index is 1.37. The van der Waals surface area contributed by atoms with Crippen LogP contribution in [0.1, 0.15) is 35.4 Å². The van der Waals surface area contributed by atoms with Crippen molar-refractivity contribution in [1.29, 1.82) is 0 Å². The Labute approximate surface area is 208 Å². The van der Waals surface area contributed by atoms with Crippen LogP contribution in [0.15, 0.2) is 107 Å². The maximum absolute atomic E-state index is 6.65. The molecule has 0 N–H and O–H groups in total. The number of ether oxygens (including phenoxy) is 2. The van der Waals surface area contributed by atoms with Gasteiger partial charge in [0.1, 0.15) is 5.52 Å². The molecule has 0 saturated heterocycles. The minimum absolute atomic E-state index is 0.0378. The fourth-order valence-electron chi connectivity index (χ4n) is 5.18. The number of rotatable bonds is 4. The van der Waals surface area contributed by atoms with Crippen molar-refractivity contribution in [3.05, 3.63) is 114 Å². The van der Waals surface area contributed by atoms with Crippen molar-refractivity contribution >= 4 is 16.6 Å². The molecule has 6 heteroatoms. The smallest absolute Gasteiger partial charge is 0.214 e. The lowest BCUT2D eigenvalue weighted by Gasteiger charge is -2.38. The zero-order valence-electron chi connectivity index (χ0n) is 19.7. The van der Waals surface area contributed by atoms with Gasteiger partial charge in [0, 0.05) is 23.1 Å². The quantitative estimate of drug-likeness (QED) is 0.289. The number of aromatic nitrogens is 1. The standard InChI is InChI=1S/C30H23N3O3/c1-34-27-14-8-13-22-26-18-25(19-9-4-2-5-10-19)31-33(26)30(35-29(22)27)21-15-16-24-23(17-21)28(36-32-24)20-11-6-3-7-12-20/h2-17,26,30H,18H2,1H3/t26-,30-/m0/s1. The maximum atomic E-state index is 6.65. The number of benzene rings is 4.